The van der Waals surface area contributed by atoms with Gasteiger partial charge < -0.3 is 11.5 Å². The predicted octanol–water partition coefficient (Wildman–Crippen LogP) is 1.72. The normalized spacial score (nSPS) is 13.8. The van der Waals surface area contributed by atoms with E-state index in [-0.39, 0.29) is 6.17 Å². The number of nitrogens with two attached hydrogens (primary N) is 2. The van der Waals surface area contributed by atoms with Crippen LogP contribution in [0.4, 0.5) is 0 Å². The van der Waals surface area contributed by atoms with E-state index in [1.54, 1.807) is 0 Å². The second-order valence-corrected chi connectivity index (χ2v) is 2.71. The maximum Gasteiger partial charge on any atom is 0.101 e. The first kappa shape index (κ1) is 14.0. The number of hydrogen-bond acceptors (Lipinski definition) is 2. The summed E-state index contributed by atoms with van der Waals surface area (Å²) in [7, 11) is 0. The molecule has 0 rings (SSSR count). The van der Waals surface area contributed by atoms with Gasteiger partial charge in [0.15, 0.2) is 0 Å². The predicted molar refractivity (Wildman–Crippen MR) is 56.1 cm³/mol. The Morgan fingerprint density at radius 3 is 2.00 bits per heavy atom. The molecule has 74 valence electrons. The van der Waals surface area contributed by atoms with E-state index in [1.165, 1.54) is 0 Å². The van der Waals surface area contributed by atoms with Crippen molar-refractivity contribution in [1.82, 2.24) is 0 Å². The third-order valence-corrected chi connectivity index (χ3v) is 1.36. The molecule has 0 saturated carbocycles. The lowest BCUT2D eigenvalue weighted by Crippen LogP contribution is -2.27. The Morgan fingerprint density at radius 2 is 1.75 bits per heavy atom. The molecule has 1 unspecified atom stereocenters. The molecular formula is C9H23N3. The van der Waals surface area contributed by atoms with Gasteiger partial charge in [0.2, 0.25) is 0 Å². The minimum absolute atomic E-state index is 0.139. The van der Waals surface area contributed by atoms with Crippen LogP contribution in [0.1, 0.15) is 41.0 Å². The maximum absolute atomic E-state index is 5.63. The molecular weight excluding hydrogens is 150 g/mol. The van der Waals surface area contributed by atoms with Crippen molar-refractivity contribution in [3.8, 4) is 0 Å². The Bertz CT molecular complexity index is 119. The van der Waals surface area contributed by atoms with Gasteiger partial charge in [-0.2, -0.15) is 0 Å². The molecule has 0 aromatic rings. The van der Waals surface area contributed by atoms with Crippen molar-refractivity contribution in [1.29, 1.82) is 0 Å². The zero-order chi connectivity index (χ0) is 10.1. The summed E-state index contributed by atoms with van der Waals surface area (Å²) in [6.07, 6.45) is 0.639. The number of rotatable bonds is 3. The van der Waals surface area contributed by atoms with E-state index < -0.39 is 0 Å². The second kappa shape index (κ2) is 8.53. The van der Waals surface area contributed by atoms with Crippen LogP contribution in [0, 0.1) is 5.92 Å². The Hall–Kier alpha value is -0.570. The fourth-order valence-corrected chi connectivity index (χ4v) is 0.432. The smallest absolute Gasteiger partial charge is 0.101 e. The van der Waals surface area contributed by atoms with E-state index in [0.29, 0.717) is 11.8 Å². The van der Waals surface area contributed by atoms with E-state index in [0.717, 1.165) is 6.42 Å². The molecule has 3 nitrogen and oxygen atoms in total. The Balaban J connectivity index is 0. The van der Waals surface area contributed by atoms with Gasteiger partial charge in [0.05, 0.1) is 5.84 Å². The van der Waals surface area contributed by atoms with Crippen LogP contribution in [0.15, 0.2) is 4.99 Å². The van der Waals surface area contributed by atoms with Crippen molar-refractivity contribution in [2.45, 2.75) is 47.2 Å². The lowest BCUT2D eigenvalue weighted by atomic mass is 10.2. The summed E-state index contributed by atoms with van der Waals surface area (Å²) in [5.74, 6) is 1.01. The van der Waals surface area contributed by atoms with Gasteiger partial charge in [-0.05, 0) is 5.92 Å². The highest BCUT2D eigenvalue weighted by Crippen LogP contribution is 1.99. The van der Waals surface area contributed by atoms with Crippen molar-refractivity contribution in [3.05, 3.63) is 0 Å². The summed E-state index contributed by atoms with van der Waals surface area (Å²) in [6, 6.07) is 0. The van der Waals surface area contributed by atoms with Crippen LogP contribution in [0.3, 0.4) is 0 Å². The summed E-state index contributed by atoms with van der Waals surface area (Å²) in [5.41, 5.74) is 11.1. The highest BCUT2D eigenvalue weighted by Gasteiger charge is 2.04. The van der Waals surface area contributed by atoms with E-state index >= 15 is 0 Å². The Morgan fingerprint density at radius 1 is 1.33 bits per heavy atom. The molecule has 0 fully saturated rings. The first-order chi connectivity index (χ1) is 5.57. The zero-order valence-electron chi connectivity index (χ0n) is 8.96. The molecule has 0 aliphatic rings. The van der Waals surface area contributed by atoms with Crippen LogP contribution < -0.4 is 11.5 Å². The molecule has 3 heteroatoms. The minimum atomic E-state index is -0.139. The average Bonchev–Trinajstić information content (AvgIpc) is 2.07. The van der Waals surface area contributed by atoms with Crippen LogP contribution in [-0.4, -0.2) is 12.0 Å². The van der Waals surface area contributed by atoms with E-state index in [9.17, 15) is 0 Å². The van der Waals surface area contributed by atoms with Gasteiger partial charge in [0, 0.05) is 6.42 Å². The van der Waals surface area contributed by atoms with Gasteiger partial charge in [0.25, 0.3) is 0 Å². The zero-order valence-corrected chi connectivity index (χ0v) is 8.96. The van der Waals surface area contributed by atoms with Crippen molar-refractivity contribution in [2.75, 3.05) is 0 Å². The summed E-state index contributed by atoms with van der Waals surface area (Å²) < 4.78 is 0. The number of aliphatic imine (C=N–C) groups is 1. The van der Waals surface area contributed by atoms with Gasteiger partial charge in [-0.25, -0.2) is 0 Å². The van der Waals surface area contributed by atoms with Crippen molar-refractivity contribution in [3.63, 3.8) is 0 Å². The molecule has 0 bridgehead atoms. The number of amidine groups is 1. The van der Waals surface area contributed by atoms with E-state index in [4.69, 9.17) is 11.5 Å². The van der Waals surface area contributed by atoms with Gasteiger partial charge in [0.1, 0.15) is 6.17 Å². The quantitative estimate of drug-likeness (QED) is 0.504. The van der Waals surface area contributed by atoms with Crippen LogP contribution in [0.5, 0.6) is 0 Å². The third-order valence-electron chi connectivity index (χ3n) is 1.36. The minimum Gasteiger partial charge on any atom is -0.387 e. The number of nitrogens with zero attached hydrogens (tertiary/aromatic N) is 1. The fourth-order valence-electron chi connectivity index (χ4n) is 0.432. The van der Waals surface area contributed by atoms with Crippen molar-refractivity contribution >= 4 is 5.84 Å². The van der Waals surface area contributed by atoms with Gasteiger partial charge in [-0.1, -0.05) is 34.6 Å². The van der Waals surface area contributed by atoms with Crippen LogP contribution >= 0.6 is 0 Å². The van der Waals surface area contributed by atoms with Crippen LogP contribution in [-0.2, 0) is 0 Å². The molecule has 0 aromatic carbocycles. The Kier molecular flexibility index (Phi) is 9.93. The van der Waals surface area contributed by atoms with Gasteiger partial charge in [-0.15, -0.1) is 0 Å². The first-order valence-corrected chi connectivity index (χ1v) is 4.65. The lowest BCUT2D eigenvalue weighted by Gasteiger charge is -2.10. The van der Waals surface area contributed by atoms with Crippen LogP contribution in [0.2, 0.25) is 0 Å². The second-order valence-electron chi connectivity index (χ2n) is 2.71. The van der Waals surface area contributed by atoms with Gasteiger partial charge >= 0.3 is 0 Å². The standard InChI is InChI=1S/C7H17N3.C2H6/c1-4-6(8)10-7(9)5(2)3;1-2/h5,7H,4,9H2,1-3H3,(H2,8,10);1-2H3. The molecule has 12 heavy (non-hydrogen) atoms. The molecule has 0 amide bonds. The topological polar surface area (TPSA) is 64.4 Å². The Labute approximate surface area is 76.2 Å². The van der Waals surface area contributed by atoms with Crippen molar-refractivity contribution < 1.29 is 0 Å². The molecule has 1 atom stereocenters. The number of hydrogen-bond donors (Lipinski definition) is 2. The van der Waals surface area contributed by atoms with Gasteiger partial charge in [-0.3, -0.25) is 4.99 Å². The van der Waals surface area contributed by atoms with Crippen molar-refractivity contribution in [2.24, 2.45) is 22.4 Å². The molecule has 4 N–H and O–H groups in total. The maximum atomic E-state index is 5.63. The highest BCUT2D eigenvalue weighted by molar-refractivity contribution is 5.80. The summed E-state index contributed by atoms with van der Waals surface area (Å²) in [5, 5.41) is 0. The lowest BCUT2D eigenvalue weighted by molar-refractivity contribution is 0.510. The summed E-state index contributed by atoms with van der Waals surface area (Å²) >= 11 is 0. The van der Waals surface area contributed by atoms with Crippen LogP contribution in [0.25, 0.3) is 0 Å². The fraction of sp³-hybridized carbons (Fsp3) is 0.889. The largest absolute Gasteiger partial charge is 0.387 e. The summed E-state index contributed by atoms with van der Waals surface area (Å²) in [4.78, 5) is 4.07. The highest BCUT2D eigenvalue weighted by atomic mass is 15.0. The first-order valence-electron chi connectivity index (χ1n) is 4.65. The molecule has 0 spiro atoms. The molecule has 0 aliphatic carbocycles. The molecule has 0 radical (unpaired) electrons. The summed E-state index contributed by atoms with van der Waals surface area (Å²) in [6.45, 7) is 10.0. The third kappa shape index (κ3) is 7.54. The molecule has 0 heterocycles. The molecule has 0 aliphatic heterocycles. The molecule has 0 saturated heterocycles. The molecule has 0 aromatic heterocycles. The monoisotopic (exact) mass is 173 g/mol. The van der Waals surface area contributed by atoms with E-state index in [1.807, 2.05) is 34.6 Å². The average molecular weight is 173 g/mol. The van der Waals surface area contributed by atoms with E-state index in [2.05, 4.69) is 4.99 Å². The SMILES string of the molecule is CC.CC/C(N)=N/C(N)C(C)C.